The quantitative estimate of drug-likeness (QED) is 0.582. The zero-order valence-corrected chi connectivity index (χ0v) is 18.3. The minimum absolute atomic E-state index is 0.101. The van der Waals surface area contributed by atoms with Crippen molar-refractivity contribution >= 4 is 29.1 Å². The molecule has 1 saturated heterocycles. The van der Waals surface area contributed by atoms with Gasteiger partial charge in [-0.15, -0.1) is 0 Å². The second-order valence-corrected chi connectivity index (χ2v) is 7.53. The molecule has 0 spiro atoms. The monoisotopic (exact) mass is 458 g/mol. The molecular formula is C22H23ClN4O5. The van der Waals surface area contributed by atoms with Crippen LogP contribution in [0.4, 0.5) is 5.69 Å². The third-order valence-corrected chi connectivity index (χ3v) is 5.19. The summed E-state index contributed by atoms with van der Waals surface area (Å²) >= 11 is 5.95. The number of nitrogens with zero attached hydrogens (tertiary/aromatic N) is 3. The molecule has 1 aromatic carbocycles. The number of benzene rings is 1. The normalized spacial score (nSPS) is 13.8. The number of hydrogen-bond acceptors (Lipinski definition) is 6. The topological polar surface area (TPSA) is 98.8 Å². The number of anilines is 1. The minimum atomic E-state index is -0.481. The number of rotatable bonds is 7. The molecule has 2 amide bonds. The van der Waals surface area contributed by atoms with Gasteiger partial charge in [0.05, 0.1) is 25.1 Å². The van der Waals surface area contributed by atoms with E-state index in [0.29, 0.717) is 60.8 Å². The molecule has 0 saturated carbocycles. The Hall–Kier alpha value is -3.30. The lowest BCUT2D eigenvalue weighted by atomic mass is 10.2. The van der Waals surface area contributed by atoms with Crippen molar-refractivity contribution in [2.75, 3.05) is 31.6 Å². The summed E-state index contributed by atoms with van der Waals surface area (Å²) in [5, 5.41) is 7.54. The maximum Gasteiger partial charge on any atom is 0.291 e. The first-order valence-electron chi connectivity index (χ1n) is 10.3. The van der Waals surface area contributed by atoms with Crippen LogP contribution >= 0.6 is 11.6 Å². The summed E-state index contributed by atoms with van der Waals surface area (Å²) in [4.78, 5) is 27.5. The summed E-state index contributed by atoms with van der Waals surface area (Å²) in [5.74, 6) is 0.495. The Morgan fingerprint density at radius 2 is 2.03 bits per heavy atom. The van der Waals surface area contributed by atoms with Crippen LogP contribution in [0.3, 0.4) is 0 Å². The highest BCUT2D eigenvalue weighted by molar-refractivity contribution is 6.30. The Balaban J connectivity index is 1.44. The van der Waals surface area contributed by atoms with Crippen LogP contribution < -0.4 is 10.1 Å². The molecule has 0 aliphatic carbocycles. The van der Waals surface area contributed by atoms with Crippen molar-refractivity contribution in [2.45, 2.75) is 20.1 Å². The number of halogens is 1. The molecule has 2 aromatic heterocycles. The molecule has 3 aromatic rings. The number of morpholine rings is 1. The minimum Gasteiger partial charge on any atom is -0.486 e. The van der Waals surface area contributed by atoms with E-state index in [0.717, 1.165) is 0 Å². The fourth-order valence-corrected chi connectivity index (χ4v) is 3.51. The summed E-state index contributed by atoms with van der Waals surface area (Å²) in [6.07, 6.45) is 1.47. The molecule has 0 radical (unpaired) electrons. The Labute approximate surface area is 189 Å². The molecule has 9 nitrogen and oxygen atoms in total. The van der Waals surface area contributed by atoms with Gasteiger partial charge >= 0.3 is 0 Å². The molecule has 0 bridgehead atoms. The van der Waals surface area contributed by atoms with Gasteiger partial charge in [-0.25, -0.2) is 0 Å². The molecule has 3 heterocycles. The van der Waals surface area contributed by atoms with Crippen molar-refractivity contribution in [1.82, 2.24) is 14.7 Å². The lowest BCUT2D eigenvalue weighted by molar-refractivity contribution is 0.0295. The van der Waals surface area contributed by atoms with Gasteiger partial charge in [0.15, 0.2) is 5.76 Å². The lowest BCUT2D eigenvalue weighted by Gasteiger charge is -2.27. The van der Waals surface area contributed by atoms with Crippen LogP contribution in [0, 0.1) is 0 Å². The van der Waals surface area contributed by atoms with Crippen molar-refractivity contribution in [2.24, 2.45) is 0 Å². The first-order chi connectivity index (χ1) is 15.5. The zero-order valence-electron chi connectivity index (χ0n) is 17.5. The largest absolute Gasteiger partial charge is 0.486 e. The predicted octanol–water partition coefficient (Wildman–Crippen LogP) is 3.45. The number of carbonyl (C=O) groups excluding carboxylic acids is 2. The van der Waals surface area contributed by atoms with Gasteiger partial charge in [0, 0.05) is 24.7 Å². The van der Waals surface area contributed by atoms with Gasteiger partial charge < -0.3 is 24.1 Å². The van der Waals surface area contributed by atoms with Crippen LogP contribution in [0.5, 0.6) is 5.75 Å². The average molecular weight is 459 g/mol. The third-order valence-electron chi connectivity index (χ3n) is 4.95. The van der Waals surface area contributed by atoms with E-state index in [4.69, 9.17) is 25.5 Å². The number of hydrogen-bond donors (Lipinski definition) is 1. The average Bonchev–Trinajstić information content (AvgIpc) is 3.45. The first kappa shape index (κ1) is 21.9. The molecule has 1 N–H and O–H groups in total. The van der Waals surface area contributed by atoms with Crippen molar-refractivity contribution < 1.29 is 23.5 Å². The van der Waals surface area contributed by atoms with Crippen LogP contribution in [-0.4, -0.2) is 52.8 Å². The maximum atomic E-state index is 13.0. The summed E-state index contributed by atoms with van der Waals surface area (Å²) < 4.78 is 18.1. The van der Waals surface area contributed by atoms with Crippen LogP contribution in [0.25, 0.3) is 0 Å². The Kier molecular flexibility index (Phi) is 6.77. The summed E-state index contributed by atoms with van der Waals surface area (Å²) in [5.41, 5.74) is 0.667. The van der Waals surface area contributed by atoms with Gasteiger partial charge in [0.25, 0.3) is 11.8 Å². The van der Waals surface area contributed by atoms with Gasteiger partial charge in [-0.1, -0.05) is 17.7 Å². The second kappa shape index (κ2) is 9.88. The predicted molar refractivity (Wildman–Crippen MR) is 117 cm³/mol. The molecule has 32 heavy (non-hydrogen) atoms. The molecule has 1 aliphatic heterocycles. The smallest absolute Gasteiger partial charge is 0.291 e. The van der Waals surface area contributed by atoms with Crippen molar-refractivity contribution in [3.63, 3.8) is 0 Å². The van der Waals surface area contributed by atoms with Gasteiger partial charge in [0.1, 0.15) is 23.8 Å². The number of ether oxygens (including phenoxy) is 2. The van der Waals surface area contributed by atoms with E-state index in [2.05, 4.69) is 10.4 Å². The number of aromatic nitrogens is 2. The lowest BCUT2D eigenvalue weighted by Crippen LogP contribution is -2.41. The van der Waals surface area contributed by atoms with Crippen LogP contribution in [0.1, 0.15) is 33.7 Å². The number of amides is 2. The standard InChI is InChI=1S/C22H23ClN4O5/c1-2-27-20(22(29)26-8-10-30-11-9-26)18(13-24-27)25-21(28)19-7-6-17(32-19)14-31-16-5-3-4-15(23)12-16/h3-7,12-13H,2,8-11,14H2,1H3,(H,25,28). The van der Waals surface area contributed by atoms with Gasteiger partial charge in [0.2, 0.25) is 0 Å². The Morgan fingerprint density at radius 1 is 1.22 bits per heavy atom. The highest BCUT2D eigenvalue weighted by Crippen LogP contribution is 2.21. The third kappa shape index (κ3) is 4.95. The molecule has 4 rings (SSSR count). The van der Waals surface area contributed by atoms with Crippen LogP contribution in [0.2, 0.25) is 5.02 Å². The summed E-state index contributed by atoms with van der Waals surface area (Å²) in [6, 6.07) is 10.2. The first-order valence-corrected chi connectivity index (χ1v) is 10.6. The van der Waals surface area contributed by atoms with E-state index in [1.165, 1.54) is 6.20 Å². The van der Waals surface area contributed by atoms with E-state index >= 15 is 0 Å². The molecule has 1 aliphatic rings. The Morgan fingerprint density at radius 3 is 2.78 bits per heavy atom. The van der Waals surface area contributed by atoms with Crippen LogP contribution in [-0.2, 0) is 17.9 Å². The van der Waals surface area contributed by atoms with Gasteiger partial charge in [-0.05, 0) is 37.3 Å². The Bertz CT molecular complexity index is 1100. The number of aryl methyl sites for hydroxylation is 1. The highest BCUT2D eigenvalue weighted by atomic mass is 35.5. The van der Waals surface area contributed by atoms with E-state index in [1.54, 1.807) is 46.0 Å². The number of furan rings is 1. The SMILES string of the molecule is CCn1ncc(NC(=O)c2ccc(COc3cccc(Cl)c3)o2)c1C(=O)N1CCOCC1. The number of carbonyl (C=O) groups is 2. The van der Waals surface area contributed by atoms with Crippen molar-refractivity contribution in [1.29, 1.82) is 0 Å². The van der Waals surface area contributed by atoms with Crippen LogP contribution in [0.15, 0.2) is 47.0 Å². The van der Waals surface area contributed by atoms with E-state index in [-0.39, 0.29) is 18.3 Å². The van der Waals surface area contributed by atoms with Crippen molar-refractivity contribution in [3.05, 3.63) is 64.8 Å². The molecule has 168 valence electrons. The fraction of sp³-hybridized carbons (Fsp3) is 0.318. The van der Waals surface area contributed by atoms with E-state index < -0.39 is 5.91 Å². The maximum absolute atomic E-state index is 13.0. The molecule has 0 atom stereocenters. The molecular weight excluding hydrogens is 436 g/mol. The molecule has 1 fully saturated rings. The number of nitrogens with one attached hydrogen (secondary N) is 1. The van der Waals surface area contributed by atoms with Crippen molar-refractivity contribution in [3.8, 4) is 5.75 Å². The van der Waals surface area contributed by atoms with Gasteiger partial charge in [-0.3, -0.25) is 14.3 Å². The summed E-state index contributed by atoms with van der Waals surface area (Å²) in [6.45, 7) is 4.48. The second-order valence-electron chi connectivity index (χ2n) is 7.09. The van der Waals surface area contributed by atoms with E-state index in [1.807, 2.05) is 6.92 Å². The van der Waals surface area contributed by atoms with E-state index in [9.17, 15) is 9.59 Å². The highest BCUT2D eigenvalue weighted by Gasteiger charge is 2.26. The fourth-order valence-electron chi connectivity index (χ4n) is 3.33. The van der Waals surface area contributed by atoms with Gasteiger partial charge in [-0.2, -0.15) is 5.10 Å². The molecule has 0 unspecified atom stereocenters. The summed E-state index contributed by atoms with van der Waals surface area (Å²) in [7, 11) is 0. The zero-order chi connectivity index (χ0) is 22.5. The molecule has 10 heteroatoms.